The minimum absolute atomic E-state index is 0.550. The number of guanidine groups is 1. The van der Waals surface area contributed by atoms with Crippen molar-refractivity contribution >= 4 is 5.96 Å². The standard InChI is InChI=1S/C10H17N3/c1-7-5-11-10(12-7)13-6-8-2-3-9(13)4-8/h7-9H,2-6H2,1H3,(H,11,12). The Morgan fingerprint density at radius 2 is 2.38 bits per heavy atom. The van der Waals surface area contributed by atoms with E-state index in [-0.39, 0.29) is 0 Å². The van der Waals surface area contributed by atoms with Crippen molar-refractivity contribution in [3.8, 4) is 0 Å². The van der Waals surface area contributed by atoms with Crippen LogP contribution >= 0.6 is 0 Å². The molecule has 3 unspecified atom stereocenters. The molecule has 0 amide bonds. The van der Waals surface area contributed by atoms with Gasteiger partial charge in [0, 0.05) is 18.6 Å². The minimum atomic E-state index is 0.550. The Kier molecular flexibility index (Phi) is 1.55. The molecule has 2 bridgehead atoms. The van der Waals surface area contributed by atoms with E-state index in [9.17, 15) is 0 Å². The maximum atomic E-state index is 4.55. The molecule has 1 N–H and O–H groups in total. The number of nitrogens with one attached hydrogen (secondary N) is 1. The Morgan fingerprint density at radius 3 is 2.92 bits per heavy atom. The van der Waals surface area contributed by atoms with Crippen LogP contribution in [0.15, 0.2) is 4.99 Å². The number of hydrogen-bond acceptors (Lipinski definition) is 3. The smallest absolute Gasteiger partial charge is 0.194 e. The fraction of sp³-hybridized carbons (Fsp3) is 0.900. The molecule has 0 aromatic heterocycles. The van der Waals surface area contributed by atoms with Gasteiger partial charge in [-0.05, 0) is 32.1 Å². The summed E-state index contributed by atoms with van der Waals surface area (Å²) in [6.45, 7) is 4.41. The monoisotopic (exact) mass is 179 g/mol. The predicted molar refractivity (Wildman–Crippen MR) is 52.7 cm³/mol. The predicted octanol–water partition coefficient (Wildman–Crippen LogP) is 0.818. The quantitative estimate of drug-likeness (QED) is 0.596. The third-order valence-corrected chi connectivity index (χ3v) is 3.57. The zero-order valence-electron chi connectivity index (χ0n) is 8.16. The molecule has 2 heterocycles. The van der Waals surface area contributed by atoms with E-state index in [1.807, 2.05) is 0 Å². The summed E-state index contributed by atoms with van der Waals surface area (Å²) in [6.07, 6.45) is 4.25. The van der Waals surface area contributed by atoms with Crippen LogP contribution in [0.2, 0.25) is 0 Å². The number of piperidine rings is 1. The summed E-state index contributed by atoms with van der Waals surface area (Å²) in [5, 5.41) is 3.46. The molecule has 3 atom stereocenters. The first-order valence-electron chi connectivity index (χ1n) is 5.40. The first-order valence-corrected chi connectivity index (χ1v) is 5.40. The zero-order valence-corrected chi connectivity index (χ0v) is 8.16. The molecule has 2 fully saturated rings. The van der Waals surface area contributed by atoms with Crippen LogP contribution < -0.4 is 5.32 Å². The largest absolute Gasteiger partial charge is 0.352 e. The minimum Gasteiger partial charge on any atom is -0.352 e. The summed E-state index contributed by atoms with van der Waals surface area (Å²) in [6, 6.07) is 1.36. The summed E-state index contributed by atoms with van der Waals surface area (Å²) >= 11 is 0. The van der Waals surface area contributed by atoms with Gasteiger partial charge in [-0.3, -0.25) is 4.99 Å². The van der Waals surface area contributed by atoms with Crippen molar-refractivity contribution in [2.45, 2.75) is 38.3 Å². The molecule has 3 heteroatoms. The Bertz CT molecular complexity index is 249. The zero-order chi connectivity index (χ0) is 8.84. The Hall–Kier alpha value is -0.730. The Balaban J connectivity index is 1.73. The second kappa shape index (κ2) is 2.63. The summed E-state index contributed by atoms with van der Waals surface area (Å²) in [7, 11) is 0. The van der Waals surface area contributed by atoms with Crippen molar-refractivity contribution in [2.24, 2.45) is 10.9 Å². The van der Waals surface area contributed by atoms with Crippen molar-refractivity contribution in [3.05, 3.63) is 0 Å². The summed E-state index contributed by atoms with van der Waals surface area (Å²) in [5.41, 5.74) is 0. The van der Waals surface area contributed by atoms with Crippen molar-refractivity contribution in [3.63, 3.8) is 0 Å². The van der Waals surface area contributed by atoms with E-state index in [0.717, 1.165) is 18.5 Å². The highest BCUT2D eigenvalue weighted by molar-refractivity contribution is 5.82. The second-order valence-electron chi connectivity index (χ2n) is 4.69. The van der Waals surface area contributed by atoms with Crippen LogP contribution in [0.25, 0.3) is 0 Å². The van der Waals surface area contributed by atoms with Gasteiger partial charge in [-0.1, -0.05) is 0 Å². The lowest BCUT2D eigenvalue weighted by atomic mass is 10.1. The van der Waals surface area contributed by atoms with Gasteiger partial charge >= 0.3 is 0 Å². The third-order valence-electron chi connectivity index (χ3n) is 3.57. The maximum absolute atomic E-state index is 4.55. The van der Waals surface area contributed by atoms with Crippen LogP contribution in [0.4, 0.5) is 0 Å². The lowest BCUT2D eigenvalue weighted by molar-refractivity contribution is 0.319. The van der Waals surface area contributed by atoms with Gasteiger partial charge in [0.05, 0.1) is 6.54 Å². The molecule has 0 radical (unpaired) electrons. The fourth-order valence-corrected chi connectivity index (χ4v) is 2.89. The topological polar surface area (TPSA) is 27.6 Å². The van der Waals surface area contributed by atoms with Crippen LogP contribution in [0.1, 0.15) is 26.2 Å². The first-order chi connectivity index (χ1) is 6.33. The maximum Gasteiger partial charge on any atom is 0.194 e. The highest BCUT2D eigenvalue weighted by Gasteiger charge is 2.40. The number of hydrogen-bond donors (Lipinski definition) is 1. The number of nitrogens with zero attached hydrogens (tertiary/aromatic N) is 2. The van der Waals surface area contributed by atoms with Crippen molar-refractivity contribution in [1.29, 1.82) is 0 Å². The molecule has 3 rings (SSSR count). The Labute approximate surface area is 79.2 Å². The molecule has 3 aliphatic rings. The number of likely N-dealkylation sites (tertiary alicyclic amines) is 1. The molecular weight excluding hydrogens is 162 g/mol. The molecule has 0 aromatic rings. The molecule has 2 aliphatic heterocycles. The lowest BCUT2D eigenvalue weighted by Gasteiger charge is -2.29. The van der Waals surface area contributed by atoms with Crippen LogP contribution in [0, 0.1) is 5.92 Å². The van der Waals surface area contributed by atoms with Crippen molar-refractivity contribution in [2.75, 3.05) is 13.1 Å². The highest BCUT2D eigenvalue weighted by Crippen LogP contribution is 2.37. The molecule has 13 heavy (non-hydrogen) atoms. The average Bonchev–Trinajstić information content (AvgIpc) is 2.77. The SMILES string of the molecule is CC1CN=C(N2CC3CCC2C3)N1. The van der Waals surface area contributed by atoms with Crippen LogP contribution in [-0.4, -0.2) is 36.0 Å². The number of rotatable bonds is 0. The van der Waals surface area contributed by atoms with Crippen molar-refractivity contribution < 1.29 is 0 Å². The van der Waals surface area contributed by atoms with Gasteiger partial charge in [-0.2, -0.15) is 0 Å². The first kappa shape index (κ1) is 7.65. The molecule has 0 spiro atoms. The second-order valence-corrected chi connectivity index (χ2v) is 4.69. The van der Waals surface area contributed by atoms with E-state index in [0.29, 0.717) is 6.04 Å². The van der Waals surface area contributed by atoms with Gasteiger partial charge in [0.2, 0.25) is 0 Å². The molecule has 1 saturated carbocycles. The van der Waals surface area contributed by atoms with Gasteiger partial charge < -0.3 is 10.2 Å². The van der Waals surface area contributed by atoms with E-state index in [1.165, 1.54) is 31.8 Å². The van der Waals surface area contributed by atoms with Gasteiger partial charge in [0.15, 0.2) is 5.96 Å². The fourth-order valence-electron chi connectivity index (χ4n) is 2.89. The molecule has 1 saturated heterocycles. The van der Waals surface area contributed by atoms with E-state index >= 15 is 0 Å². The molecule has 72 valence electrons. The van der Waals surface area contributed by atoms with Crippen LogP contribution in [0.5, 0.6) is 0 Å². The van der Waals surface area contributed by atoms with Gasteiger partial charge in [-0.15, -0.1) is 0 Å². The van der Waals surface area contributed by atoms with E-state index < -0.39 is 0 Å². The normalized spacial score (nSPS) is 42.4. The van der Waals surface area contributed by atoms with Gasteiger partial charge in [0.1, 0.15) is 0 Å². The molecule has 1 aliphatic carbocycles. The highest BCUT2D eigenvalue weighted by atomic mass is 15.4. The summed E-state index contributed by atoms with van der Waals surface area (Å²) in [5.74, 6) is 2.14. The number of fused-ring (bicyclic) bond motifs is 2. The van der Waals surface area contributed by atoms with Crippen LogP contribution in [-0.2, 0) is 0 Å². The lowest BCUT2D eigenvalue weighted by Crippen LogP contribution is -2.45. The van der Waals surface area contributed by atoms with Crippen molar-refractivity contribution in [1.82, 2.24) is 10.2 Å². The summed E-state index contributed by atoms with van der Waals surface area (Å²) < 4.78 is 0. The van der Waals surface area contributed by atoms with Crippen LogP contribution in [0.3, 0.4) is 0 Å². The number of aliphatic imine (C=N–C) groups is 1. The Morgan fingerprint density at radius 1 is 1.46 bits per heavy atom. The average molecular weight is 179 g/mol. The van der Waals surface area contributed by atoms with Gasteiger partial charge in [-0.25, -0.2) is 0 Å². The molecule has 0 aromatic carbocycles. The molecular formula is C10H17N3. The third kappa shape index (κ3) is 1.13. The summed E-state index contributed by atoms with van der Waals surface area (Å²) in [4.78, 5) is 7.05. The molecule has 3 nitrogen and oxygen atoms in total. The van der Waals surface area contributed by atoms with E-state index in [4.69, 9.17) is 0 Å². The van der Waals surface area contributed by atoms with Gasteiger partial charge in [0.25, 0.3) is 0 Å². The van der Waals surface area contributed by atoms with E-state index in [2.05, 4.69) is 22.1 Å². The van der Waals surface area contributed by atoms with E-state index in [1.54, 1.807) is 0 Å².